The largest absolute Gasteiger partial charge is 0.466 e. The maximum absolute atomic E-state index is 11.2. The first-order valence-corrected chi connectivity index (χ1v) is 10.0. The Labute approximate surface area is 175 Å². The Morgan fingerprint density at radius 2 is 1.52 bits per heavy atom. The van der Waals surface area contributed by atoms with Gasteiger partial charge in [0.25, 0.3) is 0 Å². The topological polar surface area (TPSA) is 46.5 Å². The summed E-state index contributed by atoms with van der Waals surface area (Å²) in [6.07, 6.45) is 2.80. The maximum Gasteiger partial charge on any atom is 0.306 e. The Kier molecular flexibility index (Phi) is 10.7. The first kappa shape index (κ1) is 24.4. The number of carbonyl (C=O) groups excluding carboxylic acids is 1. The molecule has 0 aliphatic rings. The maximum atomic E-state index is 11.2. The Morgan fingerprint density at radius 3 is 2.00 bits per heavy atom. The van der Waals surface area contributed by atoms with Gasteiger partial charge in [-0.25, -0.2) is 0 Å². The molecule has 2 aromatic carbocycles. The SMILES string of the molecule is C=C(C)C(O)c1ccc(C)cc1.CCOC(=O)CC/C(C)=C/c1ccc(C)cc1. The van der Waals surface area contributed by atoms with E-state index in [4.69, 9.17) is 4.74 Å². The zero-order valence-electron chi connectivity index (χ0n) is 18.4. The zero-order chi connectivity index (χ0) is 21.8. The van der Waals surface area contributed by atoms with E-state index in [1.807, 2.05) is 52.0 Å². The summed E-state index contributed by atoms with van der Waals surface area (Å²) >= 11 is 0. The third kappa shape index (κ3) is 9.91. The summed E-state index contributed by atoms with van der Waals surface area (Å²) in [7, 11) is 0. The normalized spacial score (nSPS) is 11.9. The van der Waals surface area contributed by atoms with Crippen LogP contribution in [0, 0.1) is 13.8 Å². The standard InChI is InChI=1S/C15H20O2.C11H14O/c1-4-17-15(16)10-7-13(3)11-14-8-5-12(2)6-9-14;1-8(2)11(12)10-6-4-9(3)5-7-10/h5-6,8-9,11H,4,7,10H2,1-3H3;4-7,11-12H,1H2,2-3H3/b13-11+;. The predicted octanol–water partition coefficient (Wildman–Crippen LogP) is 6.35. The average molecular weight is 395 g/mol. The summed E-state index contributed by atoms with van der Waals surface area (Å²) in [4.78, 5) is 11.2. The van der Waals surface area contributed by atoms with Crippen molar-refractivity contribution in [2.45, 2.75) is 53.6 Å². The molecule has 0 radical (unpaired) electrons. The smallest absolute Gasteiger partial charge is 0.306 e. The number of esters is 1. The van der Waals surface area contributed by atoms with Crippen molar-refractivity contribution >= 4 is 12.0 Å². The molecule has 29 heavy (non-hydrogen) atoms. The average Bonchev–Trinajstić information content (AvgIpc) is 2.69. The Balaban J connectivity index is 0.000000308. The van der Waals surface area contributed by atoms with Crippen LogP contribution in [0.3, 0.4) is 0 Å². The highest BCUT2D eigenvalue weighted by molar-refractivity contribution is 5.70. The number of aliphatic hydroxyl groups is 1. The summed E-state index contributed by atoms with van der Waals surface area (Å²) in [5.41, 5.74) is 6.52. The number of allylic oxidation sites excluding steroid dienone is 1. The molecule has 2 rings (SSSR count). The number of hydrogen-bond acceptors (Lipinski definition) is 3. The van der Waals surface area contributed by atoms with Crippen LogP contribution in [0.4, 0.5) is 0 Å². The van der Waals surface area contributed by atoms with E-state index in [9.17, 15) is 9.90 Å². The lowest BCUT2D eigenvalue weighted by Crippen LogP contribution is -2.03. The number of carbonyl (C=O) groups is 1. The van der Waals surface area contributed by atoms with Crippen molar-refractivity contribution in [3.05, 3.63) is 88.5 Å². The first-order chi connectivity index (χ1) is 13.7. The third-order valence-electron chi connectivity index (χ3n) is 4.38. The number of rotatable bonds is 7. The molecule has 156 valence electrons. The molecule has 1 unspecified atom stereocenters. The van der Waals surface area contributed by atoms with E-state index in [-0.39, 0.29) is 5.97 Å². The van der Waals surface area contributed by atoms with Gasteiger partial charge in [-0.1, -0.05) is 77.9 Å². The number of benzene rings is 2. The van der Waals surface area contributed by atoms with Crippen molar-refractivity contribution in [3.63, 3.8) is 0 Å². The van der Waals surface area contributed by atoms with E-state index >= 15 is 0 Å². The van der Waals surface area contributed by atoms with Crippen molar-refractivity contribution in [1.82, 2.24) is 0 Å². The molecule has 0 aromatic heterocycles. The molecule has 0 heterocycles. The number of aryl methyl sites for hydroxylation is 2. The molecule has 0 amide bonds. The number of aliphatic hydroxyl groups excluding tert-OH is 1. The van der Waals surface area contributed by atoms with E-state index in [2.05, 4.69) is 43.8 Å². The van der Waals surface area contributed by atoms with E-state index in [1.165, 1.54) is 22.3 Å². The van der Waals surface area contributed by atoms with Crippen molar-refractivity contribution in [2.24, 2.45) is 0 Å². The Morgan fingerprint density at radius 1 is 1.00 bits per heavy atom. The summed E-state index contributed by atoms with van der Waals surface area (Å²) in [6, 6.07) is 16.2. The Bertz CT molecular complexity index is 799. The van der Waals surface area contributed by atoms with Crippen LogP contribution in [0.25, 0.3) is 6.08 Å². The van der Waals surface area contributed by atoms with Gasteiger partial charge in [0.2, 0.25) is 0 Å². The first-order valence-electron chi connectivity index (χ1n) is 10.0. The summed E-state index contributed by atoms with van der Waals surface area (Å²) in [5.74, 6) is -0.121. The molecule has 1 atom stereocenters. The molecule has 0 bridgehead atoms. The van der Waals surface area contributed by atoms with Crippen molar-refractivity contribution in [2.75, 3.05) is 6.61 Å². The molecular weight excluding hydrogens is 360 g/mol. The highest BCUT2D eigenvalue weighted by atomic mass is 16.5. The van der Waals surface area contributed by atoms with Crippen LogP contribution in [0.1, 0.15) is 62.0 Å². The lowest BCUT2D eigenvalue weighted by molar-refractivity contribution is -0.143. The van der Waals surface area contributed by atoms with Crippen molar-refractivity contribution in [1.29, 1.82) is 0 Å². The highest BCUT2D eigenvalue weighted by Gasteiger charge is 2.06. The monoisotopic (exact) mass is 394 g/mol. The molecule has 2 aromatic rings. The van der Waals surface area contributed by atoms with Gasteiger partial charge in [0.15, 0.2) is 0 Å². The molecule has 0 saturated carbocycles. The molecule has 0 aliphatic heterocycles. The Hall–Kier alpha value is -2.65. The second-order valence-electron chi connectivity index (χ2n) is 7.37. The van der Waals surface area contributed by atoms with Gasteiger partial charge in [-0.3, -0.25) is 4.79 Å². The molecule has 1 N–H and O–H groups in total. The third-order valence-corrected chi connectivity index (χ3v) is 4.38. The fraction of sp³-hybridized carbons (Fsp3) is 0.346. The second-order valence-corrected chi connectivity index (χ2v) is 7.37. The lowest BCUT2D eigenvalue weighted by atomic mass is 10.0. The fourth-order valence-corrected chi connectivity index (χ4v) is 2.59. The fourth-order valence-electron chi connectivity index (χ4n) is 2.59. The van der Waals surface area contributed by atoms with Crippen LogP contribution >= 0.6 is 0 Å². The van der Waals surface area contributed by atoms with Crippen LogP contribution in [0.2, 0.25) is 0 Å². The van der Waals surface area contributed by atoms with Crippen molar-refractivity contribution < 1.29 is 14.6 Å². The van der Waals surface area contributed by atoms with Gasteiger partial charge in [-0.2, -0.15) is 0 Å². The summed E-state index contributed by atoms with van der Waals surface area (Å²) in [6.45, 7) is 13.9. The van der Waals surface area contributed by atoms with Crippen LogP contribution in [0.5, 0.6) is 0 Å². The molecule has 0 fully saturated rings. The minimum Gasteiger partial charge on any atom is -0.466 e. The van der Waals surface area contributed by atoms with Gasteiger partial charge >= 0.3 is 5.97 Å². The molecule has 3 heteroatoms. The van der Waals surface area contributed by atoms with Crippen LogP contribution < -0.4 is 0 Å². The molecular formula is C26H34O3. The van der Waals surface area contributed by atoms with E-state index in [1.54, 1.807) is 0 Å². The van der Waals surface area contributed by atoms with Gasteiger partial charge in [0.1, 0.15) is 0 Å². The minimum absolute atomic E-state index is 0.121. The molecule has 0 saturated heterocycles. The molecule has 0 aliphatic carbocycles. The van der Waals surface area contributed by atoms with E-state index < -0.39 is 6.10 Å². The van der Waals surface area contributed by atoms with Crippen LogP contribution in [-0.4, -0.2) is 17.7 Å². The molecule has 3 nitrogen and oxygen atoms in total. The summed E-state index contributed by atoms with van der Waals surface area (Å²) < 4.78 is 4.89. The summed E-state index contributed by atoms with van der Waals surface area (Å²) in [5, 5.41) is 9.59. The van der Waals surface area contributed by atoms with E-state index in [0.717, 1.165) is 17.6 Å². The van der Waals surface area contributed by atoms with Gasteiger partial charge in [-0.05, 0) is 57.7 Å². The number of hydrogen-bond donors (Lipinski definition) is 1. The predicted molar refractivity (Wildman–Crippen MR) is 122 cm³/mol. The van der Waals surface area contributed by atoms with E-state index in [0.29, 0.717) is 13.0 Å². The van der Waals surface area contributed by atoms with Gasteiger partial charge in [0, 0.05) is 6.42 Å². The molecule has 0 spiro atoms. The van der Waals surface area contributed by atoms with Gasteiger partial charge in [-0.15, -0.1) is 0 Å². The van der Waals surface area contributed by atoms with Crippen LogP contribution in [0.15, 0.2) is 66.3 Å². The van der Waals surface area contributed by atoms with Crippen LogP contribution in [-0.2, 0) is 9.53 Å². The quantitative estimate of drug-likeness (QED) is 0.440. The van der Waals surface area contributed by atoms with Gasteiger partial charge in [0.05, 0.1) is 12.7 Å². The van der Waals surface area contributed by atoms with Gasteiger partial charge < -0.3 is 9.84 Å². The van der Waals surface area contributed by atoms with Crippen molar-refractivity contribution in [3.8, 4) is 0 Å². The zero-order valence-corrected chi connectivity index (χ0v) is 18.4. The number of ether oxygens (including phenoxy) is 1. The second kappa shape index (κ2) is 12.7. The highest BCUT2D eigenvalue weighted by Crippen LogP contribution is 2.19. The lowest BCUT2D eigenvalue weighted by Gasteiger charge is -2.09. The minimum atomic E-state index is -0.523.